The molecule has 2 nitrogen and oxygen atoms in total. The number of allylic oxidation sites excluding steroid dienone is 2. The van der Waals surface area contributed by atoms with E-state index in [2.05, 4.69) is 11.9 Å². The summed E-state index contributed by atoms with van der Waals surface area (Å²) >= 11 is 0. The molecule has 1 aliphatic heterocycles. The summed E-state index contributed by atoms with van der Waals surface area (Å²) in [6.07, 6.45) is 0.949. The maximum Gasteiger partial charge on any atom is 0.0681 e. The first kappa shape index (κ1) is 10.1. The molecular formula is C13H15NO. The molecule has 1 aromatic rings. The zero-order valence-corrected chi connectivity index (χ0v) is 9.12. The number of nitrogens with zero attached hydrogens (tertiary/aromatic N) is 1. The fourth-order valence-corrected chi connectivity index (χ4v) is 1.69. The van der Waals surface area contributed by atoms with Crippen molar-refractivity contribution in [3.05, 3.63) is 46.7 Å². The van der Waals surface area contributed by atoms with Crippen LogP contribution in [0.4, 0.5) is 0 Å². The van der Waals surface area contributed by atoms with Crippen LogP contribution in [0.15, 0.2) is 40.5 Å². The van der Waals surface area contributed by atoms with Gasteiger partial charge in [0.05, 0.1) is 12.3 Å². The van der Waals surface area contributed by atoms with Crippen molar-refractivity contribution in [2.75, 3.05) is 0 Å². The Hall–Kier alpha value is -1.41. The fourth-order valence-electron chi connectivity index (χ4n) is 1.69. The molecule has 0 unspecified atom stereocenters. The lowest BCUT2D eigenvalue weighted by Gasteiger charge is -2.02. The molecule has 0 fully saturated rings. The van der Waals surface area contributed by atoms with E-state index in [1.54, 1.807) is 0 Å². The van der Waals surface area contributed by atoms with Gasteiger partial charge in [0.25, 0.3) is 0 Å². The summed E-state index contributed by atoms with van der Waals surface area (Å²) in [7, 11) is 0. The van der Waals surface area contributed by atoms with Crippen LogP contribution in [-0.2, 0) is 6.61 Å². The van der Waals surface area contributed by atoms with Gasteiger partial charge in [-0.1, -0.05) is 24.3 Å². The number of hydrogen-bond donors (Lipinski definition) is 1. The van der Waals surface area contributed by atoms with Gasteiger partial charge in [-0.25, -0.2) is 0 Å². The first-order valence-corrected chi connectivity index (χ1v) is 5.15. The van der Waals surface area contributed by atoms with Gasteiger partial charge < -0.3 is 5.11 Å². The quantitative estimate of drug-likeness (QED) is 0.784. The van der Waals surface area contributed by atoms with Crippen molar-refractivity contribution in [1.29, 1.82) is 0 Å². The lowest BCUT2D eigenvalue weighted by atomic mass is 10.0. The molecule has 0 aromatic heterocycles. The van der Waals surface area contributed by atoms with Crippen LogP contribution >= 0.6 is 0 Å². The average Bonchev–Trinajstić information content (AvgIpc) is 2.59. The molecule has 0 saturated heterocycles. The highest BCUT2D eigenvalue weighted by molar-refractivity contribution is 6.04. The van der Waals surface area contributed by atoms with Crippen molar-refractivity contribution in [2.45, 2.75) is 26.9 Å². The lowest BCUT2D eigenvalue weighted by Crippen LogP contribution is -1.97. The minimum Gasteiger partial charge on any atom is -0.392 e. The Balaban J connectivity index is 2.23. The van der Waals surface area contributed by atoms with Gasteiger partial charge in [0.1, 0.15) is 0 Å². The van der Waals surface area contributed by atoms with Crippen molar-refractivity contribution >= 4 is 5.71 Å². The topological polar surface area (TPSA) is 32.6 Å². The Bertz CT molecular complexity index is 426. The number of hydrogen-bond acceptors (Lipinski definition) is 2. The largest absolute Gasteiger partial charge is 0.392 e. The smallest absolute Gasteiger partial charge is 0.0681 e. The highest BCUT2D eigenvalue weighted by atomic mass is 16.3. The Morgan fingerprint density at radius 3 is 2.33 bits per heavy atom. The number of aliphatic hydroxyl groups is 1. The van der Waals surface area contributed by atoms with Gasteiger partial charge in [0, 0.05) is 12.1 Å². The predicted octanol–water partition coefficient (Wildman–Crippen LogP) is 2.67. The van der Waals surface area contributed by atoms with Gasteiger partial charge >= 0.3 is 0 Å². The molecule has 15 heavy (non-hydrogen) atoms. The van der Waals surface area contributed by atoms with Gasteiger partial charge in [-0.05, 0) is 30.5 Å². The summed E-state index contributed by atoms with van der Waals surface area (Å²) in [6.45, 7) is 4.27. The Morgan fingerprint density at radius 1 is 1.20 bits per heavy atom. The first-order chi connectivity index (χ1) is 7.20. The van der Waals surface area contributed by atoms with E-state index >= 15 is 0 Å². The SMILES string of the molecule is CC1=C(C)N=C(c2ccc(CO)cc2)C1. The highest BCUT2D eigenvalue weighted by Crippen LogP contribution is 2.22. The lowest BCUT2D eigenvalue weighted by molar-refractivity contribution is 0.282. The van der Waals surface area contributed by atoms with Crippen LogP contribution in [-0.4, -0.2) is 10.8 Å². The first-order valence-electron chi connectivity index (χ1n) is 5.15. The molecule has 0 spiro atoms. The van der Waals surface area contributed by atoms with Crippen LogP contribution in [0.5, 0.6) is 0 Å². The summed E-state index contributed by atoms with van der Waals surface area (Å²) in [5.74, 6) is 0. The number of aliphatic hydroxyl groups excluding tert-OH is 1. The van der Waals surface area contributed by atoms with Crippen molar-refractivity contribution in [3.8, 4) is 0 Å². The van der Waals surface area contributed by atoms with E-state index in [1.165, 1.54) is 5.57 Å². The molecule has 2 rings (SSSR count). The molecule has 1 N–H and O–H groups in total. The second kappa shape index (κ2) is 3.99. The van der Waals surface area contributed by atoms with Crippen LogP contribution in [0.2, 0.25) is 0 Å². The molecule has 0 atom stereocenters. The van der Waals surface area contributed by atoms with Crippen molar-refractivity contribution in [1.82, 2.24) is 0 Å². The van der Waals surface area contributed by atoms with Gasteiger partial charge in [-0.2, -0.15) is 0 Å². The molecule has 0 aliphatic carbocycles. The minimum absolute atomic E-state index is 0.100. The van der Waals surface area contributed by atoms with E-state index in [9.17, 15) is 0 Å². The van der Waals surface area contributed by atoms with Crippen LogP contribution in [0, 0.1) is 0 Å². The second-order valence-electron chi connectivity index (χ2n) is 3.96. The van der Waals surface area contributed by atoms with Crippen LogP contribution in [0.1, 0.15) is 31.4 Å². The number of aliphatic imine (C=N–C) groups is 1. The molecule has 1 heterocycles. The summed E-state index contributed by atoms with van der Waals surface area (Å²) < 4.78 is 0. The van der Waals surface area contributed by atoms with Gasteiger partial charge in [0.15, 0.2) is 0 Å². The third-order valence-corrected chi connectivity index (χ3v) is 2.82. The van der Waals surface area contributed by atoms with E-state index in [-0.39, 0.29) is 6.61 Å². The summed E-state index contributed by atoms with van der Waals surface area (Å²) in [5, 5.41) is 8.94. The third kappa shape index (κ3) is 2.00. The normalized spacial score (nSPS) is 15.8. The van der Waals surface area contributed by atoms with Gasteiger partial charge in [-0.3, -0.25) is 4.99 Å². The van der Waals surface area contributed by atoms with Crippen molar-refractivity contribution in [2.24, 2.45) is 4.99 Å². The van der Waals surface area contributed by atoms with E-state index < -0.39 is 0 Å². The third-order valence-electron chi connectivity index (χ3n) is 2.82. The molecule has 0 bridgehead atoms. The average molecular weight is 201 g/mol. The minimum atomic E-state index is 0.100. The van der Waals surface area contributed by atoms with E-state index in [4.69, 9.17) is 5.11 Å². The highest BCUT2D eigenvalue weighted by Gasteiger charge is 2.12. The Morgan fingerprint density at radius 2 is 1.87 bits per heavy atom. The number of rotatable bonds is 2. The summed E-state index contributed by atoms with van der Waals surface area (Å²) in [4.78, 5) is 4.53. The molecule has 0 saturated carbocycles. The van der Waals surface area contributed by atoms with Crippen molar-refractivity contribution in [3.63, 3.8) is 0 Å². The Kier molecular flexibility index (Phi) is 2.69. The molecule has 2 heteroatoms. The van der Waals surface area contributed by atoms with E-state index in [0.717, 1.165) is 29.0 Å². The van der Waals surface area contributed by atoms with Gasteiger partial charge in [-0.15, -0.1) is 0 Å². The second-order valence-corrected chi connectivity index (χ2v) is 3.96. The van der Waals surface area contributed by atoms with Crippen molar-refractivity contribution < 1.29 is 5.11 Å². The molecular weight excluding hydrogens is 186 g/mol. The van der Waals surface area contributed by atoms with Gasteiger partial charge in [0.2, 0.25) is 0 Å². The fraction of sp³-hybridized carbons (Fsp3) is 0.308. The predicted molar refractivity (Wildman–Crippen MR) is 61.9 cm³/mol. The molecule has 1 aliphatic rings. The maximum atomic E-state index is 8.94. The standard InChI is InChI=1S/C13H15NO/c1-9-7-13(14-10(9)2)12-5-3-11(8-15)4-6-12/h3-6,15H,7-8H2,1-2H3. The van der Waals surface area contributed by atoms with Crippen LogP contribution in [0.3, 0.4) is 0 Å². The zero-order valence-electron chi connectivity index (χ0n) is 9.12. The van der Waals surface area contributed by atoms with E-state index in [0.29, 0.717) is 0 Å². The molecule has 0 radical (unpaired) electrons. The maximum absolute atomic E-state index is 8.94. The summed E-state index contributed by atoms with van der Waals surface area (Å²) in [6, 6.07) is 7.94. The Labute approximate surface area is 90.0 Å². The van der Waals surface area contributed by atoms with Crippen LogP contribution < -0.4 is 0 Å². The monoisotopic (exact) mass is 201 g/mol. The molecule has 1 aromatic carbocycles. The molecule has 78 valence electrons. The van der Waals surface area contributed by atoms with E-state index in [1.807, 2.05) is 31.2 Å². The zero-order chi connectivity index (χ0) is 10.8. The summed E-state index contributed by atoms with van der Waals surface area (Å²) in [5.41, 5.74) is 5.71. The van der Waals surface area contributed by atoms with Crippen LogP contribution in [0.25, 0.3) is 0 Å². The number of benzene rings is 1. The molecule has 0 amide bonds.